The Bertz CT molecular complexity index is 899. The fourth-order valence-electron chi connectivity index (χ4n) is 2.33. The van der Waals surface area contributed by atoms with Gasteiger partial charge in [0.1, 0.15) is 11.6 Å². The van der Waals surface area contributed by atoms with Crippen LogP contribution >= 0.6 is 0 Å². The summed E-state index contributed by atoms with van der Waals surface area (Å²) < 4.78 is 44.5. The Morgan fingerprint density at radius 3 is 2.31 bits per heavy atom. The first-order valence-electron chi connectivity index (χ1n) is 7.64. The smallest absolute Gasteiger partial charge is 0.418 e. The molecular formula is C18H15F3N4O. The minimum absolute atomic E-state index is 0.0431. The van der Waals surface area contributed by atoms with Crippen molar-refractivity contribution in [1.82, 2.24) is 9.97 Å². The number of methoxy groups -OCH3 is 1. The van der Waals surface area contributed by atoms with Crippen LogP contribution in [0, 0.1) is 0 Å². The molecule has 0 saturated carbocycles. The summed E-state index contributed by atoms with van der Waals surface area (Å²) in [7, 11) is 1.54. The van der Waals surface area contributed by atoms with Gasteiger partial charge < -0.3 is 15.4 Å². The van der Waals surface area contributed by atoms with Crippen molar-refractivity contribution >= 4 is 23.1 Å². The lowest BCUT2D eigenvalue weighted by molar-refractivity contribution is -0.136. The van der Waals surface area contributed by atoms with E-state index >= 15 is 0 Å². The Morgan fingerprint density at radius 2 is 1.58 bits per heavy atom. The fourth-order valence-corrected chi connectivity index (χ4v) is 2.33. The lowest BCUT2D eigenvalue weighted by Crippen LogP contribution is -2.09. The molecule has 134 valence electrons. The molecule has 2 N–H and O–H groups in total. The first-order chi connectivity index (χ1) is 12.5. The van der Waals surface area contributed by atoms with Crippen molar-refractivity contribution in [3.63, 3.8) is 0 Å². The topological polar surface area (TPSA) is 59.1 Å². The van der Waals surface area contributed by atoms with Crippen LogP contribution in [0.4, 0.5) is 36.3 Å². The molecule has 0 bridgehead atoms. The van der Waals surface area contributed by atoms with Crippen LogP contribution in [-0.4, -0.2) is 17.1 Å². The summed E-state index contributed by atoms with van der Waals surface area (Å²) in [6, 6.07) is 14.0. The highest BCUT2D eigenvalue weighted by molar-refractivity contribution is 5.65. The maximum atomic E-state index is 13.1. The third-order valence-electron chi connectivity index (χ3n) is 3.50. The molecule has 5 nitrogen and oxygen atoms in total. The number of benzene rings is 2. The molecule has 0 spiro atoms. The second-order valence-electron chi connectivity index (χ2n) is 5.26. The van der Waals surface area contributed by atoms with Crippen LogP contribution in [0.15, 0.2) is 60.8 Å². The number of para-hydroxylation sites is 3. The van der Waals surface area contributed by atoms with Gasteiger partial charge in [-0.25, -0.2) is 4.98 Å². The largest absolute Gasteiger partial charge is 0.495 e. The fraction of sp³-hybridized carbons (Fsp3) is 0.111. The quantitative estimate of drug-likeness (QED) is 0.671. The number of nitrogens with one attached hydrogen (secondary N) is 2. The van der Waals surface area contributed by atoms with Gasteiger partial charge >= 0.3 is 6.18 Å². The van der Waals surface area contributed by atoms with Gasteiger partial charge in [0, 0.05) is 6.20 Å². The van der Waals surface area contributed by atoms with Gasteiger partial charge in [0.05, 0.1) is 24.0 Å². The summed E-state index contributed by atoms with van der Waals surface area (Å²) >= 11 is 0. The molecule has 0 unspecified atom stereocenters. The van der Waals surface area contributed by atoms with Gasteiger partial charge in [0.15, 0.2) is 0 Å². The molecule has 0 aliphatic carbocycles. The van der Waals surface area contributed by atoms with Crippen molar-refractivity contribution in [3.8, 4) is 5.75 Å². The van der Waals surface area contributed by atoms with Crippen LogP contribution in [0.1, 0.15) is 5.56 Å². The first kappa shape index (κ1) is 17.5. The van der Waals surface area contributed by atoms with E-state index in [1.807, 2.05) is 12.1 Å². The zero-order chi connectivity index (χ0) is 18.6. The summed E-state index contributed by atoms with van der Waals surface area (Å²) in [5.74, 6) is 1.07. The highest BCUT2D eigenvalue weighted by Crippen LogP contribution is 2.35. The Labute approximate surface area is 147 Å². The lowest BCUT2D eigenvalue weighted by Gasteiger charge is -2.14. The third-order valence-corrected chi connectivity index (χ3v) is 3.50. The Kier molecular flexibility index (Phi) is 4.92. The summed E-state index contributed by atoms with van der Waals surface area (Å²) in [5.41, 5.74) is -0.225. The van der Waals surface area contributed by atoms with Crippen LogP contribution in [0.25, 0.3) is 0 Å². The number of rotatable bonds is 5. The van der Waals surface area contributed by atoms with Crippen LogP contribution < -0.4 is 15.4 Å². The molecule has 8 heteroatoms. The van der Waals surface area contributed by atoms with Crippen LogP contribution in [-0.2, 0) is 6.18 Å². The van der Waals surface area contributed by atoms with Crippen LogP contribution in [0.3, 0.4) is 0 Å². The average molecular weight is 360 g/mol. The Morgan fingerprint density at radius 1 is 0.885 bits per heavy atom. The van der Waals surface area contributed by atoms with Crippen LogP contribution in [0.5, 0.6) is 5.75 Å². The van der Waals surface area contributed by atoms with Crippen LogP contribution in [0.2, 0.25) is 0 Å². The molecule has 26 heavy (non-hydrogen) atoms. The predicted octanol–water partition coefficient (Wildman–Crippen LogP) is 4.99. The molecule has 0 radical (unpaired) electrons. The number of alkyl halides is 3. The molecule has 2 aromatic carbocycles. The van der Waals surface area contributed by atoms with E-state index < -0.39 is 11.7 Å². The number of anilines is 4. The minimum Gasteiger partial charge on any atom is -0.495 e. The summed E-state index contributed by atoms with van der Waals surface area (Å²) in [4.78, 5) is 8.19. The van der Waals surface area contributed by atoms with E-state index in [1.54, 1.807) is 25.3 Å². The standard InChI is InChI=1S/C18H15F3N4O/c1-26-15-9-5-4-8-14(15)23-16-10-11-22-17(25-16)24-13-7-3-2-6-12(13)18(19,20)21/h2-11H,1H3,(H2,22,23,24,25). The zero-order valence-corrected chi connectivity index (χ0v) is 13.7. The van der Waals surface area contributed by atoms with Gasteiger partial charge in [-0.3, -0.25) is 0 Å². The molecule has 1 aromatic heterocycles. The van der Waals surface area contributed by atoms with Crippen molar-refractivity contribution in [2.24, 2.45) is 0 Å². The summed E-state index contributed by atoms with van der Waals surface area (Å²) in [5, 5.41) is 5.68. The maximum Gasteiger partial charge on any atom is 0.418 e. The normalized spacial score (nSPS) is 11.1. The monoisotopic (exact) mass is 360 g/mol. The zero-order valence-electron chi connectivity index (χ0n) is 13.7. The number of hydrogen-bond acceptors (Lipinski definition) is 5. The lowest BCUT2D eigenvalue weighted by atomic mass is 10.1. The number of ether oxygens (including phenoxy) is 1. The van der Waals surface area contributed by atoms with Crippen molar-refractivity contribution in [3.05, 3.63) is 66.4 Å². The molecular weight excluding hydrogens is 345 g/mol. The van der Waals surface area contributed by atoms with Crippen molar-refractivity contribution < 1.29 is 17.9 Å². The first-order valence-corrected chi connectivity index (χ1v) is 7.64. The number of aromatic nitrogens is 2. The molecule has 0 fully saturated rings. The van der Waals surface area contributed by atoms with Gasteiger partial charge in [-0.2, -0.15) is 18.2 Å². The van der Waals surface area contributed by atoms with E-state index in [2.05, 4.69) is 20.6 Å². The van der Waals surface area contributed by atoms with Gasteiger partial charge in [-0.15, -0.1) is 0 Å². The molecule has 0 amide bonds. The Hall–Kier alpha value is -3.29. The molecule has 3 rings (SSSR count). The molecule has 0 atom stereocenters. The number of halogens is 3. The van der Waals surface area contributed by atoms with Crippen molar-refractivity contribution in [2.75, 3.05) is 17.7 Å². The van der Waals surface area contributed by atoms with Gasteiger partial charge in [-0.05, 0) is 30.3 Å². The molecule has 0 aliphatic heterocycles. The highest BCUT2D eigenvalue weighted by Gasteiger charge is 2.33. The van der Waals surface area contributed by atoms with Crippen molar-refractivity contribution in [1.29, 1.82) is 0 Å². The number of hydrogen-bond donors (Lipinski definition) is 2. The molecule has 3 aromatic rings. The number of nitrogens with zero attached hydrogens (tertiary/aromatic N) is 2. The third kappa shape index (κ3) is 4.02. The van der Waals surface area contributed by atoms with E-state index in [4.69, 9.17) is 4.74 Å². The second-order valence-corrected chi connectivity index (χ2v) is 5.26. The van der Waals surface area contributed by atoms with Gasteiger partial charge in [0.2, 0.25) is 5.95 Å². The van der Waals surface area contributed by atoms with E-state index in [9.17, 15) is 13.2 Å². The highest BCUT2D eigenvalue weighted by atomic mass is 19.4. The molecule has 0 aliphatic rings. The van der Waals surface area contributed by atoms with E-state index in [0.717, 1.165) is 6.07 Å². The summed E-state index contributed by atoms with van der Waals surface area (Å²) in [6.07, 6.45) is -3.03. The van der Waals surface area contributed by atoms with Gasteiger partial charge in [-0.1, -0.05) is 24.3 Å². The molecule has 1 heterocycles. The SMILES string of the molecule is COc1ccccc1Nc1ccnc(Nc2ccccc2C(F)(F)F)n1. The summed E-state index contributed by atoms with van der Waals surface area (Å²) in [6.45, 7) is 0. The van der Waals surface area contributed by atoms with E-state index in [-0.39, 0.29) is 11.6 Å². The molecule has 0 saturated heterocycles. The van der Waals surface area contributed by atoms with E-state index in [0.29, 0.717) is 17.3 Å². The minimum atomic E-state index is -4.48. The maximum absolute atomic E-state index is 13.1. The van der Waals surface area contributed by atoms with Crippen molar-refractivity contribution in [2.45, 2.75) is 6.18 Å². The second kappa shape index (κ2) is 7.30. The van der Waals surface area contributed by atoms with Gasteiger partial charge in [0.25, 0.3) is 0 Å². The van der Waals surface area contributed by atoms with E-state index in [1.165, 1.54) is 24.4 Å². The average Bonchev–Trinajstić information content (AvgIpc) is 2.62. The Balaban J connectivity index is 1.85. The predicted molar refractivity (Wildman–Crippen MR) is 93.0 cm³/mol.